The Labute approximate surface area is 334 Å². The zero-order valence-electron chi connectivity index (χ0n) is 30.7. The zero-order valence-corrected chi connectivity index (χ0v) is 33.1. The Morgan fingerprint density at radius 1 is 1.18 bits per heavy atom. The van der Waals surface area contributed by atoms with Crippen LogP contribution in [0, 0.1) is 30.1 Å². The lowest BCUT2D eigenvalue weighted by molar-refractivity contribution is -0.354. The van der Waals surface area contributed by atoms with Gasteiger partial charge in [-0.2, -0.15) is 5.26 Å². The lowest BCUT2D eigenvalue weighted by atomic mass is 9.86. The number of aryl methyl sites for hydroxylation is 1. The van der Waals surface area contributed by atoms with Crippen molar-refractivity contribution >= 4 is 65.8 Å². The van der Waals surface area contributed by atoms with Crippen LogP contribution in [0.1, 0.15) is 53.0 Å². The first-order chi connectivity index (χ1) is 27.0. The number of nitrogens with one attached hydrogen (secondary N) is 1. The number of benzene rings is 1. The quantitative estimate of drug-likeness (QED) is 0.193. The van der Waals surface area contributed by atoms with Gasteiger partial charge in [0.05, 0.1) is 51.8 Å². The number of rotatable bonds is 8. The van der Waals surface area contributed by atoms with Crippen molar-refractivity contribution in [3.63, 3.8) is 0 Å². The molecule has 0 bridgehead atoms. The number of carbonyl (C=O) groups excluding carboxylic acids is 1. The fourth-order valence-corrected chi connectivity index (χ4v) is 9.05. The summed E-state index contributed by atoms with van der Waals surface area (Å²) in [5, 5.41) is 12.4. The predicted octanol–water partition coefficient (Wildman–Crippen LogP) is 5.61. The molecule has 5 heterocycles. The van der Waals surface area contributed by atoms with Gasteiger partial charge >= 0.3 is 6.36 Å². The molecule has 296 valence electrons. The first-order valence-electron chi connectivity index (χ1n) is 17.7. The van der Waals surface area contributed by atoms with E-state index < -0.39 is 34.0 Å². The van der Waals surface area contributed by atoms with Gasteiger partial charge in [0.25, 0.3) is 11.5 Å². The topological polar surface area (TPSA) is 163 Å². The number of hydrogen-bond acceptors (Lipinski definition) is 12. The number of piperidine rings is 1. The number of aromatic nitrogens is 4. The summed E-state index contributed by atoms with van der Waals surface area (Å²) in [5.74, 6) is 6.10. The molecule has 4 aromatic heterocycles. The van der Waals surface area contributed by atoms with Gasteiger partial charge in [0.2, 0.25) is 10.0 Å². The summed E-state index contributed by atoms with van der Waals surface area (Å²) in [6.45, 7) is 2.93. The van der Waals surface area contributed by atoms with Gasteiger partial charge in [-0.05, 0) is 56.9 Å². The van der Waals surface area contributed by atoms with E-state index in [2.05, 4.69) is 42.5 Å². The highest BCUT2D eigenvalue weighted by atomic mass is 35.5. The number of ether oxygens (including phenoxy) is 1. The van der Waals surface area contributed by atoms with Gasteiger partial charge in [-0.1, -0.05) is 23.4 Å². The van der Waals surface area contributed by atoms with E-state index in [1.807, 2.05) is 16.7 Å². The molecule has 5 aromatic rings. The Bertz CT molecular complexity index is 2690. The van der Waals surface area contributed by atoms with Crippen molar-refractivity contribution in [2.45, 2.75) is 63.7 Å². The Balaban J connectivity index is 1.13. The number of likely N-dealkylation sites (tertiary alicyclic amines) is 1. The van der Waals surface area contributed by atoms with Crippen LogP contribution in [0.15, 0.2) is 46.8 Å². The Morgan fingerprint density at radius 3 is 2.60 bits per heavy atom. The van der Waals surface area contributed by atoms with Crippen LogP contribution in [0.5, 0.6) is 0 Å². The monoisotopic (exact) mass is 838 g/mol. The molecule has 0 radical (unpaired) electrons. The Kier molecular flexibility index (Phi) is 11.0. The van der Waals surface area contributed by atoms with Crippen molar-refractivity contribution in [3.05, 3.63) is 79.9 Å². The summed E-state index contributed by atoms with van der Waals surface area (Å²) in [4.78, 5) is 44.3. The smallest absolute Gasteiger partial charge is 0.355 e. The van der Waals surface area contributed by atoms with E-state index in [-0.39, 0.29) is 40.7 Å². The minimum absolute atomic E-state index is 0.0206. The molecule has 2 fully saturated rings. The second-order valence-corrected chi connectivity index (χ2v) is 17.0. The van der Waals surface area contributed by atoms with Crippen molar-refractivity contribution in [2.24, 2.45) is 0 Å². The van der Waals surface area contributed by atoms with Crippen LogP contribution < -0.4 is 15.2 Å². The van der Waals surface area contributed by atoms with Gasteiger partial charge in [0.15, 0.2) is 0 Å². The highest BCUT2D eigenvalue weighted by Gasteiger charge is 2.43. The zero-order chi connectivity index (χ0) is 40.8. The molecule has 1 N–H and O–H groups in total. The molecule has 1 saturated heterocycles. The van der Waals surface area contributed by atoms with Crippen LogP contribution in [0.4, 0.5) is 19.0 Å². The van der Waals surface area contributed by atoms with Crippen LogP contribution in [0.25, 0.3) is 32.2 Å². The van der Waals surface area contributed by atoms with Crippen LogP contribution >= 0.6 is 22.9 Å². The van der Waals surface area contributed by atoms with Crippen molar-refractivity contribution in [2.75, 3.05) is 31.3 Å². The second-order valence-electron chi connectivity index (χ2n) is 13.9. The highest BCUT2D eigenvalue weighted by Crippen LogP contribution is 2.38. The molecule has 57 heavy (non-hydrogen) atoms. The number of halogens is 4. The maximum atomic E-state index is 14.1. The number of carbonyl (C=O) groups is 1. The van der Waals surface area contributed by atoms with E-state index in [0.717, 1.165) is 6.26 Å². The van der Waals surface area contributed by atoms with Gasteiger partial charge in [-0.25, -0.2) is 23.1 Å². The fraction of sp³-hybridized carbons (Fsp3) is 0.368. The van der Waals surface area contributed by atoms with E-state index in [1.54, 1.807) is 31.2 Å². The largest absolute Gasteiger partial charge is 0.522 e. The molecule has 0 unspecified atom stereocenters. The van der Waals surface area contributed by atoms with Crippen molar-refractivity contribution in [1.82, 2.24) is 29.1 Å². The number of nitrogens with zero attached hydrogens (tertiary/aromatic N) is 7. The maximum absolute atomic E-state index is 14.1. The Morgan fingerprint density at radius 2 is 1.91 bits per heavy atom. The van der Waals surface area contributed by atoms with Crippen LogP contribution in [-0.2, 0) is 21.3 Å². The summed E-state index contributed by atoms with van der Waals surface area (Å²) in [6, 6.07) is 9.05. The average Bonchev–Trinajstić information content (AvgIpc) is 3.58. The number of fused-ring (bicyclic) bond motifs is 2. The molecule has 1 saturated carbocycles. The minimum atomic E-state index is -4.64. The summed E-state index contributed by atoms with van der Waals surface area (Å²) in [5.41, 5.74) is 2.17. The summed E-state index contributed by atoms with van der Waals surface area (Å²) < 4.78 is 69.3. The number of anilines is 1. The van der Waals surface area contributed by atoms with Gasteiger partial charge in [0.1, 0.15) is 23.3 Å². The number of sulfonamides is 1. The lowest BCUT2D eigenvalue weighted by Crippen LogP contribution is -2.54. The number of hydrogen-bond donors (Lipinski definition) is 1. The first-order valence-corrected chi connectivity index (χ1v) is 20.8. The highest BCUT2D eigenvalue weighted by molar-refractivity contribution is 7.89. The summed E-state index contributed by atoms with van der Waals surface area (Å²) >= 11 is 7.63. The standard InChI is InChI=1S/C38H34ClF3N8O5S2/c1-21-46-31-19-45-35(48(2)24-9-13-49(14-10-24)25-16-26(17-25)55-38(40,41)42)29(18-43)32(31)37(52)50(21)12-4-5-22-6-7-23(39)15-28(22)27-8-11-44-33-30(20-56-34(27)33)36(51)47-57(3,53)54/h6-8,11,15,19-20,24-26H,9-10,12-14,16-17H2,1-3H3,(H,47,51). The van der Waals surface area contributed by atoms with Crippen molar-refractivity contribution < 1.29 is 31.1 Å². The molecule has 1 aliphatic carbocycles. The maximum Gasteiger partial charge on any atom is 0.522 e. The van der Waals surface area contributed by atoms with Gasteiger partial charge in [-0.3, -0.25) is 23.9 Å². The molecule has 1 aromatic carbocycles. The molecule has 13 nitrogen and oxygen atoms in total. The fourth-order valence-electron chi connectivity index (χ4n) is 7.39. The molecule has 19 heteroatoms. The molecule has 0 spiro atoms. The third kappa shape index (κ3) is 8.46. The molecular weight excluding hydrogens is 805 g/mol. The van der Waals surface area contributed by atoms with Gasteiger partial charge in [0, 0.05) is 65.5 Å². The number of amides is 1. The first kappa shape index (κ1) is 40.1. The average molecular weight is 839 g/mol. The number of pyridine rings is 2. The van der Waals surface area contributed by atoms with Crippen LogP contribution in [0.3, 0.4) is 0 Å². The third-order valence-corrected chi connectivity index (χ3v) is 12.1. The number of thiophene rings is 1. The second kappa shape index (κ2) is 15.7. The van der Waals surface area contributed by atoms with E-state index in [9.17, 15) is 36.4 Å². The molecule has 2 aliphatic rings. The summed E-state index contributed by atoms with van der Waals surface area (Å²) in [6.07, 6.45) is 0.469. The third-order valence-electron chi connectivity index (χ3n) is 10.3. The molecule has 1 aliphatic heterocycles. The van der Waals surface area contributed by atoms with Crippen molar-refractivity contribution in [1.29, 1.82) is 5.26 Å². The normalized spacial score (nSPS) is 17.8. The van der Waals surface area contributed by atoms with Crippen molar-refractivity contribution in [3.8, 4) is 29.0 Å². The number of nitriles is 1. The van der Waals surface area contributed by atoms with E-state index in [4.69, 9.17) is 11.6 Å². The Hall–Kier alpha value is -5.11. The van der Waals surface area contributed by atoms with E-state index in [0.29, 0.717) is 82.3 Å². The summed E-state index contributed by atoms with van der Waals surface area (Å²) in [7, 11) is -1.98. The lowest BCUT2D eigenvalue weighted by Gasteiger charge is -2.46. The van der Waals surface area contributed by atoms with Crippen LogP contribution in [-0.4, -0.2) is 89.7 Å². The minimum Gasteiger partial charge on any atom is -0.355 e. The number of alkyl halides is 3. The molecule has 1 amide bonds. The van der Waals surface area contributed by atoms with Gasteiger partial charge in [-0.15, -0.1) is 24.5 Å². The van der Waals surface area contributed by atoms with E-state index in [1.165, 1.54) is 33.7 Å². The molecular formula is C38H34ClF3N8O5S2. The van der Waals surface area contributed by atoms with E-state index >= 15 is 0 Å². The van der Waals surface area contributed by atoms with Gasteiger partial charge < -0.3 is 9.80 Å². The molecule has 7 rings (SSSR count). The predicted molar refractivity (Wildman–Crippen MR) is 209 cm³/mol. The van der Waals surface area contributed by atoms with Crippen LogP contribution in [0.2, 0.25) is 5.02 Å². The molecule has 0 atom stereocenters. The SMILES string of the molecule is Cc1nc2cnc(N(C)C3CCN(C4CC(OC(F)(F)F)C4)CC3)c(C#N)c2c(=O)n1CC#Cc1ccc(Cl)cc1-c1ccnc2c(C(=O)NS(C)(=O)=O)csc12.